The minimum atomic E-state index is -0.488. The Labute approximate surface area is 173 Å². The lowest BCUT2D eigenvalue weighted by Gasteiger charge is -2.10. The first kappa shape index (κ1) is 20.3. The van der Waals surface area contributed by atoms with Crippen LogP contribution in [-0.4, -0.2) is 24.1 Å². The van der Waals surface area contributed by atoms with Crippen molar-refractivity contribution in [3.63, 3.8) is 0 Å². The third kappa shape index (κ3) is 5.53. The van der Waals surface area contributed by atoms with Crippen molar-refractivity contribution in [2.45, 2.75) is 6.54 Å². The SMILES string of the molecule is O=C(CNC(=O)c1ccccc1C(=O)c1ccc(Cl)cc1)NCc1ccccc1. The quantitative estimate of drug-likeness (QED) is 0.588. The topological polar surface area (TPSA) is 75.3 Å². The normalized spacial score (nSPS) is 10.2. The molecule has 146 valence electrons. The molecule has 6 heteroatoms. The highest BCUT2D eigenvalue weighted by Crippen LogP contribution is 2.17. The van der Waals surface area contributed by atoms with Gasteiger partial charge in [-0.25, -0.2) is 0 Å². The number of hydrogen-bond acceptors (Lipinski definition) is 3. The first-order chi connectivity index (χ1) is 14.0. The number of nitrogens with one attached hydrogen (secondary N) is 2. The van der Waals surface area contributed by atoms with Crippen molar-refractivity contribution in [1.82, 2.24) is 10.6 Å². The van der Waals surface area contributed by atoms with Crippen molar-refractivity contribution in [2.24, 2.45) is 0 Å². The lowest BCUT2D eigenvalue weighted by Crippen LogP contribution is -2.37. The Balaban J connectivity index is 1.63. The summed E-state index contributed by atoms with van der Waals surface area (Å²) in [7, 11) is 0. The molecule has 0 fully saturated rings. The van der Waals surface area contributed by atoms with Crippen molar-refractivity contribution in [3.8, 4) is 0 Å². The zero-order valence-corrected chi connectivity index (χ0v) is 16.3. The predicted octanol–water partition coefficient (Wildman–Crippen LogP) is 3.62. The summed E-state index contributed by atoms with van der Waals surface area (Å²) in [6.07, 6.45) is 0. The van der Waals surface area contributed by atoms with Crippen LogP contribution in [0.15, 0.2) is 78.9 Å². The average Bonchev–Trinajstić information content (AvgIpc) is 2.76. The number of carbonyl (C=O) groups excluding carboxylic acids is 3. The first-order valence-electron chi connectivity index (χ1n) is 9.02. The highest BCUT2D eigenvalue weighted by Gasteiger charge is 2.18. The Morgan fingerprint density at radius 1 is 0.724 bits per heavy atom. The van der Waals surface area contributed by atoms with Gasteiger partial charge in [0.1, 0.15) is 0 Å². The molecule has 0 bridgehead atoms. The second kappa shape index (κ2) is 9.66. The van der Waals surface area contributed by atoms with E-state index in [0.717, 1.165) is 5.56 Å². The maximum Gasteiger partial charge on any atom is 0.252 e. The molecule has 5 nitrogen and oxygen atoms in total. The van der Waals surface area contributed by atoms with Crippen LogP contribution in [0.3, 0.4) is 0 Å². The zero-order valence-electron chi connectivity index (χ0n) is 15.5. The van der Waals surface area contributed by atoms with Crippen LogP contribution in [-0.2, 0) is 11.3 Å². The number of halogens is 1. The van der Waals surface area contributed by atoms with Crippen LogP contribution < -0.4 is 10.6 Å². The van der Waals surface area contributed by atoms with Crippen LogP contribution >= 0.6 is 11.6 Å². The summed E-state index contributed by atoms with van der Waals surface area (Å²) in [5.41, 5.74) is 1.86. The summed E-state index contributed by atoms with van der Waals surface area (Å²) < 4.78 is 0. The van der Waals surface area contributed by atoms with Gasteiger partial charge >= 0.3 is 0 Å². The summed E-state index contributed by atoms with van der Waals surface area (Å²) >= 11 is 5.87. The van der Waals surface area contributed by atoms with E-state index in [1.54, 1.807) is 48.5 Å². The first-order valence-corrected chi connectivity index (χ1v) is 9.40. The zero-order chi connectivity index (χ0) is 20.6. The molecule has 0 radical (unpaired) electrons. The molecule has 3 aromatic carbocycles. The van der Waals surface area contributed by atoms with Gasteiger partial charge in [-0.3, -0.25) is 14.4 Å². The van der Waals surface area contributed by atoms with E-state index < -0.39 is 5.91 Å². The fourth-order valence-corrected chi connectivity index (χ4v) is 2.88. The molecule has 0 aliphatic carbocycles. The van der Waals surface area contributed by atoms with E-state index in [4.69, 9.17) is 11.6 Å². The summed E-state index contributed by atoms with van der Waals surface area (Å²) in [5, 5.41) is 5.83. The molecule has 3 aromatic rings. The van der Waals surface area contributed by atoms with Gasteiger partial charge < -0.3 is 10.6 Å². The molecule has 0 aromatic heterocycles. The van der Waals surface area contributed by atoms with Crippen LogP contribution in [0.5, 0.6) is 0 Å². The van der Waals surface area contributed by atoms with Crippen LogP contribution in [0, 0.1) is 0 Å². The van der Waals surface area contributed by atoms with E-state index >= 15 is 0 Å². The van der Waals surface area contributed by atoms with E-state index in [0.29, 0.717) is 17.1 Å². The lowest BCUT2D eigenvalue weighted by atomic mass is 9.98. The molecule has 0 aliphatic rings. The third-order valence-corrected chi connectivity index (χ3v) is 4.52. The minimum Gasteiger partial charge on any atom is -0.350 e. The molecule has 0 saturated carbocycles. The van der Waals surface area contributed by atoms with E-state index in [-0.39, 0.29) is 29.4 Å². The predicted molar refractivity (Wildman–Crippen MR) is 112 cm³/mol. The Morgan fingerprint density at radius 2 is 1.34 bits per heavy atom. The summed E-state index contributed by atoms with van der Waals surface area (Å²) in [4.78, 5) is 37.4. The summed E-state index contributed by atoms with van der Waals surface area (Å²) in [6, 6.07) is 22.4. The molecule has 0 aliphatic heterocycles. The molecule has 2 amide bonds. The summed E-state index contributed by atoms with van der Waals surface area (Å²) in [5.74, 6) is -1.09. The number of hydrogen-bond donors (Lipinski definition) is 2. The Bertz CT molecular complexity index is 1020. The molecule has 29 heavy (non-hydrogen) atoms. The van der Waals surface area contributed by atoms with Crippen molar-refractivity contribution < 1.29 is 14.4 Å². The van der Waals surface area contributed by atoms with Gasteiger partial charge in [-0.05, 0) is 35.9 Å². The highest BCUT2D eigenvalue weighted by molar-refractivity contribution is 6.30. The van der Waals surface area contributed by atoms with Crippen LogP contribution in [0.2, 0.25) is 5.02 Å². The summed E-state index contributed by atoms with van der Waals surface area (Å²) in [6.45, 7) is 0.191. The molecule has 0 heterocycles. The van der Waals surface area contributed by atoms with Gasteiger partial charge in [0.25, 0.3) is 5.91 Å². The highest BCUT2D eigenvalue weighted by atomic mass is 35.5. The van der Waals surface area contributed by atoms with E-state index in [9.17, 15) is 14.4 Å². The van der Waals surface area contributed by atoms with Gasteiger partial charge in [-0.1, -0.05) is 60.1 Å². The van der Waals surface area contributed by atoms with Gasteiger partial charge in [0.15, 0.2) is 5.78 Å². The Hall–Kier alpha value is -3.44. The van der Waals surface area contributed by atoms with Gasteiger partial charge in [0, 0.05) is 22.7 Å². The van der Waals surface area contributed by atoms with Gasteiger partial charge in [-0.2, -0.15) is 0 Å². The van der Waals surface area contributed by atoms with Crippen LogP contribution in [0.4, 0.5) is 0 Å². The maximum absolute atomic E-state index is 12.8. The van der Waals surface area contributed by atoms with E-state index in [2.05, 4.69) is 10.6 Å². The van der Waals surface area contributed by atoms with Crippen molar-refractivity contribution in [2.75, 3.05) is 6.54 Å². The van der Waals surface area contributed by atoms with Crippen molar-refractivity contribution in [3.05, 3.63) is 106 Å². The molecule has 0 atom stereocenters. The molecular weight excluding hydrogens is 388 g/mol. The lowest BCUT2D eigenvalue weighted by molar-refractivity contribution is -0.120. The van der Waals surface area contributed by atoms with Gasteiger partial charge in [0.2, 0.25) is 5.91 Å². The fraction of sp³-hybridized carbons (Fsp3) is 0.0870. The fourth-order valence-electron chi connectivity index (χ4n) is 2.75. The molecule has 0 spiro atoms. The largest absolute Gasteiger partial charge is 0.350 e. The Morgan fingerprint density at radius 3 is 2.03 bits per heavy atom. The van der Waals surface area contributed by atoms with E-state index in [1.165, 1.54) is 0 Å². The van der Waals surface area contributed by atoms with Crippen LogP contribution in [0.1, 0.15) is 31.8 Å². The average molecular weight is 407 g/mol. The maximum atomic E-state index is 12.8. The third-order valence-electron chi connectivity index (χ3n) is 4.26. The van der Waals surface area contributed by atoms with Gasteiger partial charge in [0.05, 0.1) is 12.1 Å². The number of rotatable bonds is 7. The molecular formula is C23H19ClN2O3. The molecule has 2 N–H and O–H groups in total. The smallest absolute Gasteiger partial charge is 0.252 e. The van der Waals surface area contributed by atoms with Gasteiger partial charge in [-0.15, -0.1) is 0 Å². The van der Waals surface area contributed by atoms with E-state index in [1.807, 2.05) is 30.3 Å². The van der Waals surface area contributed by atoms with Crippen LogP contribution in [0.25, 0.3) is 0 Å². The number of carbonyl (C=O) groups is 3. The monoisotopic (exact) mass is 406 g/mol. The van der Waals surface area contributed by atoms with Crippen molar-refractivity contribution in [1.29, 1.82) is 0 Å². The second-order valence-electron chi connectivity index (χ2n) is 6.33. The standard InChI is InChI=1S/C23H19ClN2O3/c24-18-12-10-17(11-13-18)22(28)19-8-4-5-9-20(19)23(29)26-15-21(27)25-14-16-6-2-1-3-7-16/h1-13H,14-15H2,(H,25,27)(H,26,29). The minimum absolute atomic E-state index is 0.185. The second-order valence-corrected chi connectivity index (χ2v) is 6.76. The number of benzene rings is 3. The van der Waals surface area contributed by atoms with Crippen molar-refractivity contribution >= 4 is 29.2 Å². The molecule has 0 unspecified atom stereocenters. The molecule has 3 rings (SSSR count). The Kier molecular flexibility index (Phi) is 6.76. The molecule has 0 saturated heterocycles. The number of amides is 2. The number of ketones is 1.